The lowest BCUT2D eigenvalue weighted by Gasteiger charge is -2.17. The highest BCUT2D eigenvalue weighted by molar-refractivity contribution is 6.17. The molecule has 1 heterocycles. The van der Waals surface area contributed by atoms with Crippen LogP contribution in [0.15, 0.2) is 28.7 Å². The first-order valence-corrected chi connectivity index (χ1v) is 9.70. The summed E-state index contributed by atoms with van der Waals surface area (Å²) in [6.45, 7) is 9.01. The first-order valence-electron chi connectivity index (χ1n) is 9.16. The first kappa shape index (κ1) is 21.0. The lowest BCUT2D eigenvalue weighted by Crippen LogP contribution is -2.28. The summed E-state index contributed by atoms with van der Waals surface area (Å²) in [4.78, 5) is 26.0. The van der Waals surface area contributed by atoms with E-state index < -0.39 is 0 Å². The number of ether oxygens (including phenoxy) is 1. The fourth-order valence-corrected chi connectivity index (χ4v) is 2.96. The van der Waals surface area contributed by atoms with Gasteiger partial charge < -0.3 is 14.1 Å². The van der Waals surface area contributed by atoms with Crippen molar-refractivity contribution in [2.75, 3.05) is 25.6 Å². The molecule has 0 bridgehead atoms. The largest absolute Gasteiger partial charge is 0.490 e. The van der Waals surface area contributed by atoms with Gasteiger partial charge in [-0.2, -0.15) is 0 Å². The molecule has 1 aromatic heterocycles. The third-order valence-corrected chi connectivity index (χ3v) is 4.64. The number of nitrogens with zero attached hydrogens (tertiary/aromatic N) is 1. The number of rotatable bonds is 9. The number of carbonyl (C=O) groups is 2. The second-order valence-electron chi connectivity index (χ2n) is 6.25. The smallest absolute Gasteiger partial charge is 0.246 e. The minimum Gasteiger partial charge on any atom is -0.490 e. The average Bonchev–Trinajstić information content (AvgIpc) is 3.08. The standard InChI is InChI=1S/C21H26ClNO4/c1-5-23(6-2)20(25)12-14(3)16-8-9-18(26-11-7-10-22)21-17(16)13-19(27-21)15(4)24/h8-9,12-13H,5-7,10-11H2,1-4H3. The van der Waals surface area contributed by atoms with E-state index in [2.05, 4.69) is 0 Å². The molecule has 0 aliphatic carbocycles. The fourth-order valence-electron chi connectivity index (χ4n) is 2.86. The Kier molecular flexibility index (Phi) is 7.48. The van der Waals surface area contributed by atoms with Crippen molar-refractivity contribution in [3.05, 3.63) is 35.6 Å². The van der Waals surface area contributed by atoms with E-state index in [0.717, 1.165) is 16.5 Å². The van der Waals surface area contributed by atoms with Gasteiger partial charge in [0.15, 0.2) is 22.9 Å². The number of hydrogen-bond acceptors (Lipinski definition) is 4. The van der Waals surface area contributed by atoms with E-state index in [-0.39, 0.29) is 17.5 Å². The summed E-state index contributed by atoms with van der Waals surface area (Å²) < 4.78 is 11.5. The zero-order valence-electron chi connectivity index (χ0n) is 16.3. The summed E-state index contributed by atoms with van der Waals surface area (Å²) in [6, 6.07) is 5.40. The first-order chi connectivity index (χ1) is 12.9. The summed E-state index contributed by atoms with van der Waals surface area (Å²) in [7, 11) is 0. The lowest BCUT2D eigenvalue weighted by molar-refractivity contribution is -0.125. The maximum absolute atomic E-state index is 12.4. The van der Waals surface area contributed by atoms with Crippen LogP contribution < -0.4 is 4.74 Å². The number of Topliss-reactive ketones (excluding diaryl/α,β-unsaturated/α-hetero) is 1. The Morgan fingerprint density at radius 2 is 1.93 bits per heavy atom. The van der Waals surface area contributed by atoms with Crippen molar-refractivity contribution in [3.63, 3.8) is 0 Å². The van der Waals surface area contributed by atoms with Crippen LogP contribution in [0.2, 0.25) is 0 Å². The molecule has 27 heavy (non-hydrogen) atoms. The SMILES string of the molecule is CCN(CC)C(=O)C=C(C)c1ccc(OCCCCl)c2oc(C(C)=O)cc12. The summed E-state index contributed by atoms with van der Waals surface area (Å²) in [6.07, 6.45) is 2.33. The van der Waals surface area contributed by atoms with Crippen molar-refractivity contribution in [2.24, 2.45) is 0 Å². The Morgan fingerprint density at radius 3 is 2.52 bits per heavy atom. The average molecular weight is 392 g/mol. The van der Waals surface area contributed by atoms with Gasteiger partial charge in [-0.1, -0.05) is 6.07 Å². The molecule has 2 aromatic rings. The molecule has 146 valence electrons. The second-order valence-corrected chi connectivity index (χ2v) is 6.63. The summed E-state index contributed by atoms with van der Waals surface area (Å²) in [5.41, 5.74) is 2.15. The summed E-state index contributed by atoms with van der Waals surface area (Å²) in [5, 5.41) is 0.754. The topological polar surface area (TPSA) is 59.8 Å². The monoisotopic (exact) mass is 391 g/mol. The van der Waals surface area contributed by atoms with Crippen LogP contribution in [0, 0.1) is 0 Å². The van der Waals surface area contributed by atoms with E-state index in [0.29, 0.717) is 43.3 Å². The minimum atomic E-state index is -0.162. The number of ketones is 1. The number of furan rings is 1. The van der Waals surface area contributed by atoms with E-state index >= 15 is 0 Å². The van der Waals surface area contributed by atoms with E-state index in [1.165, 1.54) is 6.92 Å². The number of carbonyl (C=O) groups excluding carboxylic acids is 2. The predicted molar refractivity (Wildman–Crippen MR) is 109 cm³/mol. The number of allylic oxidation sites excluding steroid dienone is 1. The Hall–Kier alpha value is -2.27. The second kappa shape index (κ2) is 9.60. The van der Waals surface area contributed by atoms with Crippen LogP contribution in [0.4, 0.5) is 0 Å². The molecule has 1 aromatic carbocycles. The molecule has 1 amide bonds. The van der Waals surface area contributed by atoms with E-state index in [1.54, 1.807) is 23.1 Å². The van der Waals surface area contributed by atoms with Crippen molar-refractivity contribution in [1.82, 2.24) is 4.90 Å². The third kappa shape index (κ3) is 4.92. The molecule has 0 unspecified atom stereocenters. The highest BCUT2D eigenvalue weighted by Gasteiger charge is 2.17. The molecule has 5 nitrogen and oxygen atoms in total. The highest BCUT2D eigenvalue weighted by Crippen LogP contribution is 2.35. The Labute approximate surface area is 164 Å². The molecule has 0 fully saturated rings. The Balaban J connectivity index is 2.49. The van der Waals surface area contributed by atoms with Crippen LogP contribution in [0.3, 0.4) is 0 Å². The van der Waals surface area contributed by atoms with Gasteiger partial charge in [-0.15, -0.1) is 11.6 Å². The number of hydrogen-bond donors (Lipinski definition) is 0. The van der Waals surface area contributed by atoms with E-state index in [9.17, 15) is 9.59 Å². The van der Waals surface area contributed by atoms with Crippen LogP contribution in [-0.4, -0.2) is 42.2 Å². The molecule has 6 heteroatoms. The number of amides is 1. The van der Waals surface area contributed by atoms with Gasteiger partial charge in [0, 0.05) is 37.4 Å². The van der Waals surface area contributed by atoms with E-state index in [1.807, 2.05) is 26.8 Å². The quantitative estimate of drug-likeness (QED) is 0.263. The number of fused-ring (bicyclic) bond motifs is 1. The van der Waals surface area contributed by atoms with Crippen LogP contribution >= 0.6 is 11.6 Å². The van der Waals surface area contributed by atoms with Gasteiger partial charge in [-0.3, -0.25) is 9.59 Å². The van der Waals surface area contributed by atoms with Crippen molar-refractivity contribution in [1.29, 1.82) is 0 Å². The molecule has 0 aliphatic heterocycles. The van der Waals surface area contributed by atoms with Gasteiger partial charge in [0.1, 0.15) is 0 Å². The van der Waals surface area contributed by atoms with Crippen LogP contribution in [0.1, 0.15) is 50.2 Å². The van der Waals surface area contributed by atoms with Gasteiger partial charge >= 0.3 is 0 Å². The molecule has 0 saturated heterocycles. The Bertz CT molecular complexity index is 849. The number of benzene rings is 1. The van der Waals surface area contributed by atoms with Crippen LogP contribution in [-0.2, 0) is 4.79 Å². The van der Waals surface area contributed by atoms with Gasteiger partial charge in [0.2, 0.25) is 5.91 Å². The van der Waals surface area contributed by atoms with Crippen molar-refractivity contribution in [3.8, 4) is 5.75 Å². The van der Waals surface area contributed by atoms with Gasteiger partial charge in [-0.05, 0) is 50.5 Å². The molecule has 0 saturated carbocycles. The predicted octanol–water partition coefficient (Wildman–Crippen LogP) is 4.91. The van der Waals surface area contributed by atoms with Gasteiger partial charge in [-0.25, -0.2) is 0 Å². The maximum atomic E-state index is 12.4. The summed E-state index contributed by atoms with van der Waals surface area (Å²) >= 11 is 5.70. The molecule has 0 N–H and O–H groups in total. The molecule has 0 aliphatic rings. The zero-order valence-corrected chi connectivity index (χ0v) is 17.1. The van der Waals surface area contributed by atoms with Crippen molar-refractivity contribution in [2.45, 2.75) is 34.1 Å². The molecule has 0 radical (unpaired) electrons. The van der Waals surface area contributed by atoms with Gasteiger partial charge in [0.05, 0.1) is 6.61 Å². The molecule has 0 spiro atoms. The number of likely N-dealkylation sites (N-methyl/N-ethyl adjacent to an activating group) is 1. The van der Waals surface area contributed by atoms with Crippen LogP contribution in [0.5, 0.6) is 5.75 Å². The van der Waals surface area contributed by atoms with Crippen molar-refractivity contribution < 1.29 is 18.7 Å². The maximum Gasteiger partial charge on any atom is 0.246 e. The normalized spacial score (nSPS) is 11.7. The number of halogens is 1. The van der Waals surface area contributed by atoms with Gasteiger partial charge in [0.25, 0.3) is 0 Å². The van der Waals surface area contributed by atoms with E-state index in [4.69, 9.17) is 20.8 Å². The molecular formula is C21H26ClNO4. The minimum absolute atomic E-state index is 0.0385. The summed E-state index contributed by atoms with van der Waals surface area (Å²) in [5.74, 6) is 1.14. The highest BCUT2D eigenvalue weighted by atomic mass is 35.5. The van der Waals surface area contributed by atoms with Crippen LogP contribution in [0.25, 0.3) is 16.5 Å². The van der Waals surface area contributed by atoms with Crippen molar-refractivity contribution >= 4 is 39.8 Å². The Morgan fingerprint density at radius 1 is 1.22 bits per heavy atom. The fraction of sp³-hybridized carbons (Fsp3) is 0.429. The number of alkyl halides is 1. The molecule has 2 rings (SSSR count). The lowest BCUT2D eigenvalue weighted by atomic mass is 10.0. The zero-order chi connectivity index (χ0) is 20.0. The third-order valence-electron chi connectivity index (χ3n) is 4.37. The molecular weight excluding hydrogens is 366 g/mol. The molecule has 0 atom stereocenters.